The number of hydrogen-bond acceptors (Lipinski definition) is 0. The van der Waals surface area contributed by atoms with Crippen molar-refractivity contribution in [1.29, 1.82) is 0 Å². The Hall–Kier alpha value is -7.75. The van der Waals surface area contributed by atoms with E-state index in [2.05, 4.69) is 264 Å². The van der Waals surface area contributed by atoms with Crippen molar-refractivity contribution in [3.05, 3.63) is 222 Å². The molecular weight excluding hydrogens is 836 g/mol. The summed E-state index contributed by atoms with van der Waals surface area (Å²) >= 11 is 0. The molecule has 2 heterocycles. The second kappa shape index (κ2) is 15.9. The van der Waals surface area contributed by atoms with Crippen LogP contribution in [0, 0.1) is 0 Å². The Morgan fingerprint density at radius 2 is 0.800 bits per heavy atom. The maximum absolute atomic E-state index is 2.63. The molecule has 0 bridgehead atoms. The van der Waals surface area contributed by atoms with Crippen LogP contribution in [-0.4, -0.2) is 64.1 Å². The number of fused-ring (bicyclic) bond motifs is 9. The standard InChI is InChI=1S/C61H47B7N2/c62-52-49(36-28-30-48-44(32-36)43-31-35(34-15-4-1-5-16-34)27-29-47(43)69(48)39-20-8-3-9-21-39)53(63)57(67)59-50(52)51-54(64)55(65)56(66)58(68)60(51)70(59)40-22-14-19-38(33-40)61(37-17-6-2-7-18-37)45-25-12-10-23-41(45)42-24-11-13-26-46(42)61/h1-33H,62-68H2. The molecule has 2 nitrogen and oxygen atoms in total. The zero-order valence-electron chi connectivity index (χ0n) is 40.9. The van der Waals surface area contributed by atoms with E-state index >= 15 is 0 Å². The van der Waals surface area contributed by atoms with Crippen LogP contribution in [0.5, 0.6) is 0 Å². The molecule has 0 atom stereocenters. The van der Waals surface area contributed by atoms with Crippen molar-refractivity contribution in [3.8, 4) is 44.8 Å². The maximum Gasteiger partial charge on any atom is 0.141 e. The van der Waals surface area contributed by atoms with Crippen molar-refractivity contribution in [3.63, 3.8) is 0 Å². The van der Waals surface area contributed by atoms with Crippen LogP contribution in [0.4, 0.5) is 0 Å². The summed E-state index contributed by atoms with van der Waals surface area (Å²) < 4.78 is 5.07. The Morgan fingerprint density at radius 3 is 1.44 bits per heavy atom. The van der Waals surface area contributed by atoms with Gasteiger partial charge in [0.25, 0.3) is 0 Å². The Morgan fingerprint density at radius 1 is 0.314 bits per heavy atom. The summed E-state index contributed by atoms with van der Waals surface area (Å²) in [6.07, 6.45) is 0. The average molecular weight is 884 g/mol. The first kappa shape index (κ1) is 42.4. The largest absolute Gasteiger partial charge is 0.310 e. The van der Waals surface area contributed by atoms with Crippen LogP contribution in [0.3, 0.4) is 0 Å². The SMILES string of the molecule is Bc1c(B)c(B)c2c(c1B)c1c(B)c(-c3ccc4c(c3)c3cc(-c5ccccc5)ccc3n4-c3ccccc3)c(B)c(B)c1n2-c1cccc(C2(c3ccccc3)c3ccccc3-c3ccccc32)c1. The van der Waals surface area contributed by atoms with E-state index in [0.29, 0.717) is 0 Å². The lowest BCUT2D eigenvalue weighted by molar-refractivity contribution is 0.767. The van der Waals surface area contributed by atoms with Crippen molar-refractivity contribution in [2.24, 2.45) is 0 Å². The van der Waals surface area contributed by atoms with E-state index in [1.54, 1.807) is 0 Å². The highest BCUT2D eigenvalue weighted by atomic mass is 15.0. The molecule has 0 spiro atoms. The monoisotopic (exact) mass is 884 g/mol. The Kier molecular flexibility index (Phi) is 9.62. The maximum atomic E-state index is 2.63. The third kappa shape index (κ3) is 5.84. The number of para-hydroxylation sites is 1. The van der Waals surface area contributed by atoms with E-state index in [4.69, 9.17) is 0 Å². The molecule has 0 N–H and O–H groups in total. The first-order chi connectivity index (χ1) is 34.2. The smallest absolute Gasteiger partial charge is 0.141 e. The summed E-state index contributed by atoms with van der Waals surface area (Å²) in [7, 11) is 16.4. The predicted molar refractivity (Wildman–Crippen MR) is 321 cm³/mol. The zero-order chi connectivity index (χ0) is 47.6. The van der Waals surface area contributed by atoms with Gasteiger partial charge in [-0.15, -0.1) is 5.46 Å². The molecule has 1 aliphatic carbocycles. The van der Waals surface area contributed by atoms with Crippen molar-refractivity contribution in [2.75, 3.05) is 0 Å². The fourth-order valence-corrected chi connectivity index (χ4v) is 12.8. The van der Waals surface area contributed by atoms with Gasteiger partial charge in [-0.05, 0) is 110 Å². The molecule has 1 aliphatic rings. The second-order valence-electron chi connectivity index (χ2n) is 19.8. The Labute approximate surface area is 416 Å². The fraction of sp³-hybridized carbons (Fsp3) is 0.0164. The lowest BCUT2D eigenvalue weighted by atomic mass is 9.64. The van der Waals surface area contributed by atoms with Gasteiger partial charge in [0.15, 0.2) is 0 Å². The summed E-state index contributed by atoms with van der Waals surface area (Å²) in [6.45, 7) is 0. The lowest BCUT2D eigenvalue weighted by Gasteiger charge is -2.34. The topological polar surface area (TPSA) is 9.86 Å². The van der Waals surface area contributed by atoms with Gasteiger partial charge in [0, 0.05) is 38.6 Å². The van der Waals surface area contributed by atoms with E-state index in [1.807, 2.05) is 0 Å². The van der Waals surface area contributed by atoms with Crippen LogP contribution in [-0.2, 0) is 5.41 Å². The van der Waals surface area contributed by atoms with Gasteiger partial charge in [-0.3, -0.25) is 0 Å². The van der Waals surface area contributed by atoms with Gasteiger partial charge in [-0.25, -0.2) is 0 Å². The average Bonchev–Trinajstić information content (AvgIpc) is 4.05. The van der Waals surface area contributed by atoms with Crippen LogP contribution in [0.25, 0.3) is 88.4 Å². The number of hydrogen-bond donors (Lipinski definition) is 0. The molecule has 0 saturated carbocycles. The number of nitrogens with zero attached hydrogens (tertiary/aromatic N) is 2. The lowest BCUT2D eigenvalue weighted by Crippen LogP contribution is -2.48. The highest BCUT2D eigenvalue weighted by Crippen LogP contribution is 2.56. The molecule has 13 rings (SSSR count). The highest BCUT2D eigenvalue weighted by molar-refractivity contribution is 6.69. The Bertz CT molecular complexity index is 4100. The molecule has 0 saturated heterocycles. The summed E-state index contributed by atoms with van der Waals surface area (Å²) in [5.74, 6) is 0. The molecule has 2 aromatic heterocycles. The minimum absolute atomic E-state index is 0.501. The van der Waals surface area contributed by atoms with Crippen molar-refractivity contribution in [2.45, 2.75) is 5.41 Å². The van der Waals surface area contributed by atoms with Crippen LogP contribution in [0.2, 0.25) is 0 Å². The van der Waals surface area contributed by atoms with Crippen LogP contribution in [0.1, 0.15) is 22.3 Å². The molecule has 0 amide bonds. The fourth-order valence-electron chi connectivity index (χ4n) is 12.8. The number of rotatable bonds is 6. The van der Waals surface area contributed by atoms with E-state index < -0.39 is 5.41 Å². The minimum atomic E-state index is -0.501. The van der Waals surface area contributed by atoms with Crippen molar-refractivity contribution < 1.29 is 0 Å². The molecule has 70 heavy (non-hydrogen) atoms. The zero-order valence-corrected chi connectivity index (χ0v) is 40.9. The van der Waals surface area contributed by atoms with Crippen molar-refractivity contribution >= 4 is 137 Å². The second-order valence-corrected chi connectivity index (χ2v) is 19.8. The van der Waals surface area contributed by atoms with Gasteiger partial charge in [0.05, 0.1) is 16.4 Å². The highest BCUT2D eigenvalue weighted by Gasteiger charge is 2.46. The molecule has 10 aromatic carbocycles. The van der Waals surface area contributed by atoms with Crippen LogP contribution < -0.4 is 38.2 Å². The molecule has 0 unspecified atom stereocenters. The van der Waals surface area contributed by atoms with E-state index in [-0.39, 0.29) is 0 Å². The predicted octanol–water partition coefficient (Wildman–Crippen LogP) is 3.39. The molecular formula is C61H47B7N2. The summed E-state index contributed by atoms with van der Waals surface area (Å²) in [5.41, 5.74) is 29.0. The summed E-state index contributed by atoms with van der Waals surface area (Å²) in [5, 5.41) is 5.21. The quantitative estimate of drug-likeness (QED) is 0.227. The third-order valence-electron chi connectivity index (χ3n) is 16.5. The molecule has 9 heteroatoms. The van der Waals surface area contributed by atoms with E-state index in [0.717, 1.165) is 5.69 Å². The van der Waals surface area contributed by atoms with Crippen LogP contribution >= 0.6 is 0 Å². The molecule has 322 valence electrons. The molecule has 0 radical (unpaired) electrons. The van der Waals surface area contributed by atoms with E-state index in [1.165, 1.54) is 143 Å². The van der Waals surface area contributed by atoms with Gasteiger partial charge < -0.3 is 9.13 Å². The third-order valence-corrected chi connectivity index (χ3v) is 16.5. The minimum Gasteiger partial charge on any atom is -0.310 e. The van der Waals surface area contributed by atoms with Gasteiger partial charge in [-0.2, -0.15) is 0 Å². The summed E-state index contributed by atoms with van der Waals surface area (Å²) in [4.78, 5) is 0. The first-order valence-electron chi connectivity index (χ1n) is 24.8. The molecule has 0 fully saturated rings. The normalized spacial score (nSPS) is 12.8. The summed E-state index contributed by atoms with van der Waals surface area (Å²) in [6, 6.07) is 74.6. The van der Waals surface area contributed by atoms with Crippen LogP contribution in [0.15, 0.2) is 200 Å². The van der Waals surface area contributed by atoms with Gasteiger partial charge in [0.2, 0.25) is 0 Å². The molecule has 0 aliphatic heterocycles. The van der Waals surface area contributed by atoms with Gasteiger partial charge >= 0.3 is 0 Å². The number of benzene rings is 10. The first-order valence-corrected chi connectivity index (χ1v) is 24.8. The Balaban J connectivity index is 1.09. The number of aromatic nitrogens is 2. The van der Waals surface area contributed by atoms with Gasteiger partial charge in [-0.1, -0.05) is 184 Å². The van der Waals surface area contributed by atoms with Gasteiger partial charge in [0.1, 0.15) is 54.9 Å². The molecule has 12 aromatic rings. The van der Waals surface area contributed by atoms with E-state index in [9.17, 15) is 0 Å². The van der Waals surface area contributed by atoms with Crippen molar-refractivity contribution in [1.82, 2.24) is 9.13 Å².